The molecule has 2 N–H and O–H groups in total. The van der Waals surface area contributed by atoms with Gasteiger partial charge >= 0.3 is 0 Å². The molecule has 5 rings (SSSR count). The minimum Gasteiger partial charge on any atom is -0.381 e. The molecule has 0 aliphatic heterocycles. The van der Waals surface area contributed by atoms with Gasteiger partial charge in [-0.1, -0.05) is 121 Å². The Morgan fingerprint density at radius 3 is 1.22 bits per heavy atom. The number of anilines is 2. The van der Waals surface area contributed by atoms with Gasteiger partial charge < -0.3 is 10.6 Å². The standard InChI is InChI=1S/C34H32N2/c1-3-12-27(13-4-1)25-35-33-20-9-7-18-31(33)23-29-16-11-17-30(22-29)24-32-19-8-10-21-34(32)36-26-28-14-5-2-6-15-28/h1-22,35-36H,23-26H2. The molecule has 0 aliphatic rings. The number of hydrogen-bond donors (Lipinski definition) is 2. The van der Waals surface area contributed by atoms with Gasteiger partial charge in [0.25, 0.3) is 0 Å². The summed E-state index contributed by atoms with van der Waals surface area (Å²) in [6.07, 6.45) is 1.80. The van der Waals surface area contributed by atoms with Crippen molar-refractivity contribution in [3.05, 3.63) is 167 Å². The summed E-state index contributed by atoms with van der Waals surface area (Å²) >= 11 is 0. The van der Waals surface area contributed by atoms with E-state index < -0.39 is 0 Å². The van der Waals surface area contributed by atoms with Gasteiger partial charge in [0.05, 0.1) is 0 Å². The predicted octanol–water partition coefficient (Wildman–Crippen LogP) is 8.09. The highest BCUT2D eigenvalue weighted by atomic mass is 14.9. The third kappa shape index (κ3) is 6.43. The molecule has 178 valence electrons. The number of benzene rings is 5. The van der Waals surface area contributed by atoms with Crippen molar-refractivity contribution >= 4 is 11.4 Å². The summed E-state index contributed by atoms with van der Waals surface area (Å²) in [6.45, 7) is 1.65. The SMILES string of the molecule is c1ccc(CNc2ccccc2Cc2cccc(Cc3ccccc3NCc3ccccc3)c2)cc1. The Labute approximate surface area is 214 Å². The molecule has 0 aliphatic carbocycles. The van der Waals surface area contributed by atoms with Gasteiger partial charge in [-0.05, 0) is 58.4 Å². The minimum absolute atomic E-state index is 0.824. The summed E-state index contributed by atoms with van der Waals surface area (Å²) in [6, 6.07) is 47.4. The van der Waals surface area contributed by atoms with Crippen molar-refractivity contribution in [1.29, 1.82) is 0 Å². The average molecular weight is 469 g/mol. The van der Waals surface area contributed by atoms with Crippen LogP contribution >= 0.6 is 0 Å². The molecule has 0 amide bonds. The Kier molecular flexibility index (Phi) is 7.75. The Morgan fingerprint density at radius 2 is 0.750 bits per heavy atom. The van der Waals surface area contributed by atoms with E-state index >= 15 is 0 Å². The van der Waals surface area contributed by atoms with Gasteiger partial charge in [-0.15, -0.1) is 0 Å². The van der Waals surface area contributed by atoms with Gasteiger partial charge in [0, 0.05) is 24.5 Å². The fourth-order valence-corrected chi connectivity index (χ4v) is 4.57. The normalized spacial score (nSPS) is 10.7. The van der Waals surface area contributed by atoms with E-state index in [9.17, 15) is 0 Å². The summed E-state index contributed by atoms with van der Waals surface area (Å²) in [5, 5.41) is 7.26. The van der Waals surface area contributed by atoms with E-state index in [1.165, 1.54) is 44.8 Å². The first-order valence-electron chi connectivity index (χ1n) is 12.6. The molecule has 0 saturated carbocycles. The lowest BCUT2D eigenvalue weighted by molar-refractivity contribution is 1.09. The van der Waals surface area contributed by atoms with Crippen LogP contribution in [-0.2, 0) is 25.9 Å². The molecule has 0 radical (unpaired) electrons. The second-order valence-electron chi connectivity index (χ2n) is 9.17. The lowest BCUT2D eigenvalue weighted by Crippen LogP contribution is -2.04. The van der Waals surface area contributed by atoms with E-state index in [4.69, 9.17) is 0 Å². The van der Waals surface area contributed by atoms with Crippen molar-refractivity contribution < 1.29 is 0 Å². The van der Waals surface area contributed by atoms with Crippen LogP contribution in [0.15, 0.2) is 133 Å². The summed E-state index contributed by atoms with van der Waals surface area (Å²) < 4.78 is 0. The van der Waals surface area contributed by atoms with Crippen LogP contribution in [0.4, 0.5) is 11.4 Å². The Hall–Kier alpha value is -4.30. The highest BCUT2D eigenvalue weighted by Crippen LogP contribution is 2.23. The summed E-state index contributed by atoms with van der Waals surface area (Å²) in [7, 11) is 0. The van der Waals surface area contributed by atoms with Crippen molar-refractivity contribution in [3.8, 4) is 0 Å². The van der Waals surface area contributed by atoms with Crippen LogP contribution < -0.4 is 10.6 Å². The van der Waals surface area contributed by atoms with Gasteiger partial charge in [0.2, 0.25) is 0 Å². The third-order valence-corrected chi connectivity index (χ3v) is 6.47. The molecule has 0 atom stereocenters. The second-order valence-corrected chi connectivity index (χ2v) is 9.17. The zero-order chi connectivity index (χ0) is 24.4. The van der Waals surface area contributed by atoms with Crippen LogP contribution in [0, 0.1) is 0 Å². The monoisotopic (exact) mass is 468 g/mol. The van der Waals surface area contributed by atoms with E-state index in [-0.39, 0.29) is 0 Å². The minimum atomic E-state index is 0.824. The fourth-order valence-electron chi connectivity index (χ4n) is 4.57. The predicted molar refractivity (Wildman–Crippen MR) is 152 cm³/mol. The van der Waals surface area contributed by atoms with E-state index in [1.54, 1.807) is 0 Å². The molecule has 2 nitrogen and oxygen atoms in total. The lowest BCUT2D eigenvalue weighted by atomic mass is 9.97. The molecule has 0 saturated heterocycles. The molecule has 0 heterocycles. The molecular weight excluding hydrogens is 436 g/mol. The van der Waals surface area contributed by atoms with Crippen molar-refractivity contribution in [2.45, 2.75) is 25.9 Å². The van der Waals surface area contributed by atoms with E-state index in [0.717, 1.165) is 25.9 Å². The molecule has 0 fully saturated rings. The molecule has 2 heteroatoms. The van der Waals surface area contributed by atoms with Crippen molar-refractivity contribution in [2.24, 2.45) is 0 Å². The molecule has 0 spiro atoms. The first-order chi connectivity index (χ1) is 17.8. The molecule has 0 bridgehead atoms. The van der Waals surface area contributed by atoms with E-state index in [1.807, 2.05) is 0 Å². The van der Waals surface area contributed by atoms with Crippen LogP contribution in [0.5, 0.6) is 0 Å². The number of hydrogen-bond acceptors (Lipinski definition) is 2. The maximum Gasteiger partial charge on any atom is 0.0400 e. The quantitative estimate of drug-likeness (QED) is 0.216. The molecule has 5 aromatic carbocycles. The van der Waals surface area contributed by atoms with E-state index in [2.05, 4.69) is 144 Å². The van der Waals surface area contributed by atoms with Gasteiger partial charge in [-0.2, -0.15) is 0 Å². The lowest BCUT2D eigenvalue weighted by Gasteiger charge is -2.14. The molecule has 36 heavy (non-hydrogen) atoms. The molecular formula is C34H32N2. The first kappa shape index (κ1) is 23.4. The number of rotatable bonds is 10. The van der Waals surface area contributed by atoms with Crippen LogP contribution in [0.1, 0.15) is 33.4 Å². The van der Waals surface area contributed by atoms with Crippen molar-refractivity contribution in [1.82, 2.24) is 0 Å². The topological polar surface area (TPSA) is 24.1 Å². The summed E-state index contributed by atoms with van der Waals surface area (Å²) in [5.74, 6) is 0. The van der Waals surface area contributed by atoms with Gasteiger partial charge in [-0.25, -0.2) is 0 Å². The highest BCUT2D eigenvalue weighted by Gasteiger charge is 2.07. The third-order valence-electron chi connectivity index (χ3n) is 6.47. The van der Waals surface area contributed by atoms with Crippen LogP contribution in [0.25, 0.3) is 0 Å². The van der Waals surface area contributed by atoms with Gasteiger partial charge in [-0.3, -0.25) is 0 Å². The Bertz CT molecular complexity index is 1270. The fraction of sp³-hybridized carbons (Fsp3) is 0.118. The highest BCUT2D eigenvalue weighted by molar-refractivity contribution is 5.55. The largest absolute Gasteiger partial charge is 0.381 e. The van der Waals surface area contributed by atoms with Crippen LogP contribution in [0.2, 0.25) is 0 Å². The second kappa shape index (κ2) is 11.9. The maximum absolute atomic E-state index is 3.63. The zero-order valence-electron chi connectivity index (χ0n) is 20.5. The number of para-hydroxylation sites is 2. The Morgan fingerprint density at radius 1 is 0.361 bits per heavy atom. The van der Waals surface area contributed by atoms with Crippen LogP contribution in [0.3, 0.4) is 0 Å². The van der Waals surface area contributed by atoms with Crippen molar-refractivity contribution in [3.63, 3.8) is 0 Å². The Balaban J connectivity index is 1.27. The summed E-state index contributed by atoms with van der Waals surface area (Å²) in [5.41, 5.74) is 10.3. The average Bonchev–Trinajstić information content (AvgIpc) is 2.93. The molecule has 5 aromatic rings. The van der Waals surface area contributed by atoms with Crippen molar-refractivity contribution in [2.75, 3.05) is 10.6 Å². The zero-order valence-corrected chi connectivity index (χ0v) is 20.5. The maximum atomic E-state index is 3.63. The molecule has 0 aromatic heterocycles. The first-order valence-corrected chi connectivity index (χ1v) is 12.6. The number of nitrogens with one attached hydrogen (secondary N) is 2. The van der Waals surface area contributed by atoms with E-state index in [0.29, 0.717) is 0 Å². The smallest absolute Gasteiger partial charge is 0.0400 e. The van der Waals surface area contributed by atoms with Gasteiger partial charge in [0.15, 0.2) is 0 Å². The van der Waals surface area contributed by atoms with Crippen LogP contribution in [-0.4, -0.2) is 0 Å². The molecule has 0 unspecified atom stereocenters. The van der Waals surface area contributed by atoms with Gasteiger partial charge in [0.1, 0.15) is 0 Å². The summed E-state index contributed by atoms with van der Waals surface area (Å²) in [4.78, 5) is 0.